The van der Waals surface area contributed by atoms with Gasteiger partial charge in [0.15, 0.2) is 0 Å². The average molecular weight is 261 g/mol. The van der Waals surface area contributed by atoms with E-state index in [0.717, 1.165) is 30.8 Å². The molecule has 0 bridgehead atoms. The number of nitrogens with one attached hydrogen (secondary N) is 1. The molecule has 1 aromatic rings. The third kappa shape index (κ3) is 3.07. The van der Waals surface area contributed by atoms with Crippen LogP contribution in [-0.2, 0) is 0 Å². The summed E-state index contributed by atoms with van der Waals surface area (Å²) >= 11 is 0. The maximum absolute atomic E-state index is 12.6. The van der Waals surface area contributed by atoms with Gasteiger partial charge >= 0.3 is 0 Å². The van der Waals surface area contributed by atoms with Gasteiger partial charge in [-0.1, -0.05) is 12.1 Å². The standard InChI is InChI=1S/C15H23N3O/c1-16-14-9-5-4-8-13(14)15(19)18-10-6-7-12(11-18)17(2)3/h4-5,8-9,12,16H,6-7,10-11H2,1-3H3. The Hall–Kier alpha value is -1.55. The van der Waals surface area contributed by atoms with Crippen molar-refractivity contribution in [2.24, 2.45) is 0 Å². The average Bonchev–Trinajstić information content (AvgIpc) is 2.46. The molecular formula is C15H23N3O. The van der Waals surface area contributed by atoms with E-state index in [9.17, 15) is 4.79 Å². The van der Waals surface area contributed by atoms with Gasteiger partial charge in [0.2, 0.25) is 0 Å². The van der Waals surface area contributed by atoms with E-state index in [-0.39, 0.29) is 5.91 Å². The minimum Gasteiger partial charge on any atom is -0.387 e. The zero-order chi connectivity index (χ0) is 13.8. The molecule has 0 aliphatic carbocycles. The molecule has 104 valence electrons. The highest BCUT2D eigenvalue weighted by molar-refractivity contribution is 5.99. The van der Waals surface area contributed by atoms with Gasteiger partial charge in [0.1, 0.15) is 0 Å². The van der Waals surface area contributed by atoms with Gasteiger partial charge in [-0.3, -0.25) is 4.79 Å². The van der Waals surface area contributed by atoms with Gasteiger partial charge in [0, 0.05) is 31.9 Å². The summed E-state index contributed by atoms with van der Waals surface area (Å²) in [6, 6.07) is 8.18. The number of rotatable bonds is 3. The third-order valence-electron chi connectivity index (χ3n) is 3.84. The van der Waals surface area contributed by atoms with Gasteiger partial charge in [-0.05, 0) is 39.1 Å². The largest absolute Gasteiger partial charge is 0.387 e. The summed E-state index contributed by atoms with van der Waals surface area (Å²) in [5, 5.41) is 3.09. The number of hydrogen-bond acceptors (Lipinski definition) is 3. The van der Waals surface area contributed by atoms with Crippen molar-refractivity contribution in [2.75, 3.05) is 39.5 Å². The summed E-state index contributed by atoms with van der Waals surface area (Å²) < 4.78 is 0. The van der Waals surface area contributed by atoms with Crippen molar-refractivity contribution in [3.05, 3.63) is 29.8 Å². The number of carbonyl (C=O) groups is 1. The van der Waals surface area contributed by atoms with Crippen LogP contribution in [0.1, 0.15) is 23.2 Å². The second-order valence-corrected chi connectivity index (χ2v) is 5.31. The highest BCUT2D eigenvalue weighted by Crippen LogP contribution is 2.20. The molecule has 1 aromatic carbocycles. The van der Waals surface area contributed by atoms with Gasteiger partial charge < -0.3 is 15.1 Å². The zero-order valence-corrected chi connectivity index (χ0v) is 12.0. The Bertz CT molecular complexity index is 445. The number of likely N-dealkylation sites (N-methyl/N-ethyl adjacent to an activating group) is 1. The fourth-order valence-corrected chi connectivity index (χ4v) is 2.62. The molecule has 1 atom stereocenters. The van der Waals surface area contributed by atoms with Crippen molar-refractivity contribution < 1.29 is 4.79 Å². The van der Waals surface area contributed by atoms with Crippen molar-refractivity contribution in [1.29, 1.82) is 0 Å². The maximum atomic E-state index is 12.6. The molecular weight excluding hydrogens is 238 g/mol. The molecule has 1 fully saturated rings. The Balaban J connectivity index is 2.15. The number of benzene rings is 1. The van der Waals surface area contributed by atoms with Crippen LogP contribution in [0.5, 0.6) is 0 Å². The van der Waals surface area contributed by atoms with Crippen LogP contribution in [0.3, 0.4) is 0 Å². The monoisotopic (exact) mass is 261 g/mol. The lowest BCUT2D eigenvalue weighted by molar-refractivity contribution is 0.0636. The molecule has 2 rings (SSSR count). The predicted molar refractivity (Wildman–Crippen MR) is 78.6 cm³/mol. The van der Waals surface area contributed by atoms with Gasteiger partial charge in [-0.25, -0.2) is 0 Å². The molecule has 1 aliphatic rings. The highest BCUT2D eigenvalue weighted by Gasteiger charge is 2.26. The highest BCUT2D eigenvalue weighted by atomic mass is 16.2. The third-order valence-corrected chi connectivity index (χ3v) is 3.84. The van der Waals surface area contributed by atoms with E-state index in [2.05, 4.69) is 24.3 Å². The van der Waals surface area contributed by atoms with Gasteiger partial charge in [-0.2, -0.15) is 0 Å². The molecule has 0 saturated carbocycles. The van der Waals surface area contributed by atoms with Crippen LogP contribution in [0, 0.1) is 0 Å². The summed E-state index contributed by atoms with van der Waals surface area (Å²) in [5.41, 5.74) is 1.67. The van der Waals surface area contributed by atoms with Crippen molar-refractivity contribution >= 4 is 11.6 Å². The minimum absolute atomic E-state index is 0.136. The van der Waals surface area contributed by atoms with Crippen molar-refractivity contribution in [1.82, 2.24) is 9.80 Å². The van der Waals surface area contributed by atoms with Crippen LogP contribution < -0.4 is 5.32 Å². The normalized spacial score (nSPS) is 19.6. The first-order chi connectivity index (χ1) is 9.13. The van der Waals surface area contributed by atoms with Crippen molar-refractivity contribution in [2.45, 2.75) is 18.9 Å². The number of para-hydroxylation sites is 1. The first kappa shape index (κ1) is 13.9. The smallest absolute Gasteiger partial charge is 0.256 e. The van der Waals surface area contributed by atoms with Crippen LogP contribution in [0.15, 0.2) is 24.3 Å². The maximum Gasteiger partial charge on any atom is 0.256 e. The van der Waals surface area contributed by atoms with E-state index < -0.39 is 0 Å². The fraction of sp³-hybridized carbons (Fsp3) is 0.533. The Kier molecular flexibility index (Phi) is 4.43. The van der Waals surface area contributed by atoms with Crippen LogP contribution in [0.25, 0.3) is 0 Å². The van der Waals surface area contributed by atoms with Gasteiger partial charge in [0.25, 0.3) is 5.91 Å². The second kappa shape index (κ2) is 6.06. The van der Waals surface area contributed by atoms with Gasteiger partial charge in [-0.15, -0.1) is 0 Å². The van der Waals surface area contributed by atoms with E-state index in [4.69, 9.17) is 0 Å². The number of hydrogen-bond donors (Lipinski definition) is 1. The SMILES string of the molecule is CNc1ccccc1C(=O)N1CCCC(N(C)C)C1. The quantitative estimate of drug-likeness (QED) is 0.902. The molecule has 1 saturated heterocycles. The molecule has 1 N–H and O–H groups in total. The Morgan fingerprint density at radius 1 is 1.37 bits per heavy atom. The van der Waals surface area contributed by atoms with Crippen LogP contribution in [0.4, 0.5) is 5.69 Å². The van der Waals surface area contributed by atoms with Crippen molar-refractivity contribution in [3.8, 4) is 0 Å². The predicted octanol–water partition coefficient (Wildman–Crippen LogP) is 1.89. The van der Waals surface area contributed by atoms with Crippen LogP contribution >= 0.6 is 0 Å². The van der Waals surface area contributed by atoms with E-state index >= 15 is 0 Å². The number of nitrogens with zero attached hydrogens (tertiary/aromatic N) is 2. The van der Waals surface area contributed by atoms with E-state index in [0.29, 0.717) is 6.04 Å². The second-order valence-electron chi connectivity index (χ2n) is 5.31. The number of piperidine rings is 1. The fourth-order valence-electron chi connectivity index (χ4n) is 2.62. The summed E-state index contributed by atoms with van der Waals surface area (Å²) in [6.45, 7) is 1.69. The number of anilines is 1. The van der Waals surface area contributed by atoms with E-state index in [1.807, 2.05) is 36.2 Å². The van der Waals surface area contributed by atoms with Gasteiger partial charge in [0.05, 0.1) is 5.56 Å². The Morgan fingerprint density at radius 3 is 2.79 bits per heavy atom. The molecule has 1 aliphatic heterocycles. The van der Waals surface area contributed by atoms with E-state index in [1.54, 1.807) is 0 Å². The molecule has 0 radical (unpaired) electrons. The molecule has 1 unspecified atom stereocenters. The number of amides is 1. The number of likely N-dealkylation sites (tertiary alicyclic amines) is 1. The van der Waals surface area contributed by atoms with Crippen LogP contribution in [-0.4, -0.2) is 56.0 Å². The molecule has 4 heteroatoms. The lowest BCUT2D eigenvalue weighted by Crippen LogP contribution is -2.47. The minimum atomic E-state index is 0.136. The van der Waals surface area contributed by atoms with Crippen LogP contribution in [0.2, 0.25) is 0 Å². The number of carbonyl (C=O) groups excluding carboxylic acids is 1. The molecule has 0 aromatic heterocycles. The van der Waals surface area contributed by atoms with E-state index in [1.165, 1.54) is 6.42 Å². The lowest BCUT2D eigenvalue weighted by Gasteiger charge is -2.36. The molecule has 4 nitrogen and oxygen atoms in total. The molecule has 1 heterocycles. The molecule has 1 amide bonds. The summed E-state index contributed by atoms with van der Waals surface area (Å²) in [7, 11) is 6.02. The first-order valence-corrected chi connectivity index (χ1v) is 6.86. The molecule has 0 spiro atoms. The topological polar surface area (TPSA) is 35.6 Å². The summed E-state index contributed by atoms with van der Waals surface area (Å²) in [6.07, 6.45) is 2.25. The molecule has 19 heavy (non-hydrogen) atoms. The Labute approximate surface area is 115 Å². The van der Waals surface area contributed by atoms with Crippen molar-refractivity contribution in [3.63, 3.8) is 0 Å². The zero-order valence-electron chi connectivity index (χ0n) is 12.0. The Morgan fingerprint density at radius 2 is 2.11 bits per heavy atom. The summed E-state index contributed by atoms with van der Waals surface area (Å²) in [5.74, 6) is 0.136. The summed E-state index contributed by atoms with van der Waals surface area (Å²) in [4.78, 5) is 16.8. The lowest BCUT2D eigenvalue weighted by atomic mass is 10.0. The first-order valence-electron chi connectivity index (χ1n) is 6.86.